The first-order chi connectivity index (χ1) is 7.76. The SMILES string of the molecule is COCc1ccn2ncc(C(=O)OC)c2c1. The molecule has 0 spiro atoms. The van der Waals surface area contributed by atoms with Gasteiger partial charge in [-0.2, -0.15) is 5.10 Å². The fraction of sp³-hybridized carbons (Fsp3) is 0.273. The molecule has 16 heavy (non-hydrogen) atoms. The van der Waals surface area contributed by atoms with Gasteiger partial charge in [0.05, 0.1) is 25.4 Å². The van der Waals surface area contributed by atoms with Gasteiger partial charge in [-0.05, 0) is 17.7 Å². The van der Waals surface area contributed by atoms with E-state index in [1.807, 2.05) is 12.1 Å². The lowest BCUT2D eigenvalue weighted by molar-refractivity contribution is 0.0603. The van der Waals surface area contributed by atoms with Crippen molar-refractivity contribution in [3.05, 3.63) is 35.7 Å². The Labute approximate surface area is 92.6 Å². The number of carbonyl (C=O) groups excluding carboxylic acids is 1. The first kappa shape index (κ1) is 10.6. The van der Waals surface area contributed by atoms with E-state index in [0.717, 1.165) is 11.1 Å². The lowest BCUT2D eigenvalue weighted by Crippen LogP contribution is -2.01. The monoisotopic (exact) mass is 220 g/mol. The van der Waals surface area contributed by atoms with Crippen molar-refractivity contribution in [2.24, 2.45) is 0 Å². The Morgan fingerprint density at radius 2 is 2.31 bits per heavy atom. The number of hydrogen-bond donors (Lipinski definition) is 0. The summed E-state index contributed by atoms with van der Waals surface area (Å²) >= 11 is 0. The summed E-state index contributed by atoms with van der Waals surface area (Å²) in [5, 5.41) is 4.06. The summed E-state index contributed by atoms with van der Waals surface area (Å²) in [4.78, 5) is 11.5. The third kappa shape index (κ3) is 1.77. The number of aromatic nitrogens is 2. The highest BCUT2D eigenvalue weighted by Gasteiger charge is 2.12. The molecule has 2 heterocycles. The van der Waals surface area contributed by atoms with Crippen molar-refractivity contribution in [3.8, 4) is 0 Å². The Balaban J connectivity index is 2.51. The summed E-state index contributed by atoms with van der Waals surface area (Å²) in [5.74, 6) is -0.385. The van der Waals surface area contributed by atoms with Crippen LogP contribution in [0.15, 0.2) is 24.5 Å². The highest BCUT2D eigenvalue weighted by atomic mass is 16.5. The van der Waals surface area contributed by atoms with Crippen LogP contribution in [0.5, 0.6) is 0 Å². The van der Waals surface area contributed by atoms with Crippen molar-refractivity contribution < 1.29 is 14.3 Å². The number of pyridine rings is 1. The van der Waals surface area contributed by atoms with Crippen LogP contribution < -0.4 is 0 Å². The van der Waals surface area contributed by atoms with Gasteiger partial charge < -0.3 is 9.47 Å². The molecule has 5 heteroatoms. The van der Waals surface area contributed by atoms with E-state index in [0.29, 0.717) is 12.2 Å². The second-order valence-electron chi connectivity index (χ2n) is 3.35. The molecule has 0 aliphatic heterocycles. The van der Waals surface area contributed by atoms with E-state index >= 15 is 0 Å². The van der Waals surface area contributed by atoms with Gasteiger partial charge in [0.25, 0.3) is 0 Å². The molecule has 0 unspecified atom stereocenters. The van der Waals surface area contributed by atoms with Gasteiger partial charge in [0.15, 0.2) is 0 Å². The number of carbonyl (C=O) groups is 1. The number of esters is 1. The highest BCUT2D eigenvalue weighted by molar-refractivity contribution is 5.96. The number of nitrogens with zero attached hydrogens (tertiary/aromatic N) is 2. The summed E-state index contributed by atoms with van der Waals surface area (Å²) in [6, 6.07) is 3.76. The Kier molecular flexibility index (Phi) is 2.87. The molecule has 0 fully saturated rings. The predicted octanol–water partition coefficient (Wildman–Crippen LogP) is 1.27. The summed E-state index contributed by atoms with van der Waals surface area (Å²) in [7, 11) is 2.98. The molecule has 0 saturated heterocycles. The average molecular weight is 220 g/mol. The van der Waals surface area contributed by atoms with Crippen LogP contribution in [0.4, 0.5) is 0 Å². The number of fused-ring (bicyclic) bond motifs is 1. The third-order valence-electron chi connectivity index (χ3n) is 2.30. The Bertz CT molecular complexity index is 519. The minimum Gasteiger partial charge on any atom is -0.465 e. The van der Waals surface area contributed by atoms with E-state index in [4.69, 9.17) is 4.74 Å². The molecule has 0 saturated carbocycles. The minimum atomic E-state index is -0.385. The molecule has 0 N–H and O–H groups in total. The zero-order valence-electron chi connectivity index (χ0n) is 9.14. The first-order valence-electron chi connectivity index (χ1n) is 4.80. The fourth-order valence-electron chi connectivity index (χ4n) is 1.55. The number of hydrogen-bond acceptors (Lipinski definition) is 4. The predicted molar refractivity (Wildman–Crippen MR) is 57.2 cm³/mol. The summed E-state index contributed by atoms with van der Waals surface area (Å²) in [5.41, 5.74) is 2.17. The molecule has 5 nitrogen and oxygen atoms in total. The molecule has 0 atom stereocenters. The van der Waals surface area contributed by atoms with Gasteiger partial charge in [-0.3, -0.25) is 0 Å². The van der Waals surface area contributed by atoms with Crippen LogP contribution in [0.3, 0.4) is 0 Å². The van der Waals surface area contributed by atoms with E-state index in [9.17, 15) is 4.79 Å². The Hall–Kier alpha value is -1.88. The maximum Gasteiger partial charge on any atom is 0.341 e. The molecular weight excluding hydrogens is 208 g/mol. The highest BCUT2D eigenvalue weighted by Crippen LogP contribution is 2.14. The molecule has 2 aromatic rings. The molecular formula is C11H12N2O3. The van der Waals surface area contributed by atoms with Gasteiger partial charge in [-0.1, -0.05) is 0 Å². The van der Waals surface area contributed by atoms with Crippen molar-refractivity contribution in [2.45, 2.75) is 6.61 Å². The van der Waals surface area contributed by atoms with Crippen molar-refractivity contribution in [2.75, 3.05) is 14.2 Å². The molecule has 0 radical (unpaired) electrons. The van der Waals surface area contributed by atoms with Crippen LogP contribution in [-0.4, -0.2) is 29.8 Å². The molecule has 0 amide bonds. The molecule has 0 aliphatic carbocycles. The first-order valence-corrected chi connectivity index (χ1v) is 4.80. The Morgan fingerprint density at radius 3 is 3.00 bits per heavy atom. The molecule has 0 aliphatic rings. The molecule has 2 aromatic heterocycles. The van der Waals surface area contributed by atoms with E-state index in [1.54, 1.807) is 17.8 Å². The smallest absolute Gasteiger partial charge is 0.341 e. The normalized spacial score (nSPS) is 10.6. The van der Waals surface area contributed by atoms with E-state index < -0.39 is 0 Å². The third-order valence-corrected chi connectivity index (χ3v) is 2.30. The zero-order chi connectivity index (χ0) is 11.5. The lowest BCUT2D eigenvalue weighted by atomic mass is 10.2. The van der Waals surface area contributed by atoms with Gasteiger partial charge in [0, 0.05) is 13.3 Å². The number of methoxy groups -OCH3 is 2. The van der Waals surface area contributed by atoms with Crippen LogP contribution in [0.2, 0.25) is 0 Å². The summed E-state index contributed by atoms with van der Waals surface area (Å²) in [6.45, 7) is 0.502. The summed E-state index contributed by atoms with van der Waals surface area (Å²) in [6.07, 6.45) is 3.29. The van der Waals surface area contributed by atoms with Gasteiger partial charge >= 0.3 is 5.97 Å². The van der Waals surface area contributed by atoms with Crippen molar-refractivity contribution in [1.29, 1.82) is 0 Å². The van der Waals surface area contributed by atoms with Gasteiger partial charge in [0.2, 0.25) is 0 Å². The van der Waals surface area contributed by atoms with Gasteiger partial charge in [0.1, 0.15) is 5.56 Å². The van der Waals surface area contributed by atoms with E-state index in [-0.39, 0.29) is 5.97 Å². The summed E-state index contributed by atoms with van der Waals surface area (Å²) < 4.78 is 11.3. The van der Waals surface area contributed by atoms with E-state index in [1.165, 1.54) is 13.3 Å². The topological polar surface area (TPSA) is 52.8 Å². The van der Waals surface area contributed by atoms with Crippen LogP contribution in [0, 0.1) is 0 Å². The van der Waals surface area contributed by atoms with Gasteiger partial charge in [-0.25, -0.2) is 9.31 Å². The van der Waals surface area contributed by atoms with Crippen molar-refractivity contribution >= 4 is 11.5 Å². The van der Waals surface area contributed by atoms with Crippen molar-refractivity contribution in [1.82, 2.24) is 9.61 Å². The maximum atomic E-state index is 11.5. The molecule has 84 valence electrons. The minimum absolute atomic E-state index is 0.385. The standard InChI is InChI=1S/C11H12N2O3/c1-15-7-8-3-4-13-10(5-8)9(6-12-13)11(14)16-2/h3-6H,7H2,1-2H3. The molecule has 0 bridgehead atoms. The van der Waals surface area contributed by atoms with Crippen LogP contribution in [0.1, 0.15) is 15.9 Å². The molecule has 0 aromatic carbocycles. The lowest BCUT2D eigenvalue weighted by Gasteiger charge is -2.01. The number of rotatable bonds is 3. The quantitative estimate of drug-likeness (QED) is 0.731. The zero-order valence-corrected chi connectivity index (χ0v) is 9.14. The fourth-order valence-corrected chi connectivity index (χ4v) is 1.55. The largest absolute Gasteiger partial charge is 0.465 e. The average Bonchev–Trinajstić information content (AvgIpc) is 2.71. The number of ether oxygens (including phenoxy) is 2. The second kappa shape index (κ2) is 4.32. The van der Waals surface area contributed by atoms with Crippen LogP contribution in [0.25, 0.3) is 5.52 Å². The Morgan fingerprint density at radius 1 is 1.50 bits per heavy atom. The second-order valence-corrected chi connectivity index (χ2v) is 3.35. The van der Waals surface area contributed by atoms with Crippen molar-refractivity contribution in [3.63, 3.8) is 0 Å². The van der Waals surface area contributed by atoms with E-state index in [2.05, 4.69) is 9.84 Å². The maximum absolute atomic E-state index is 11.5. The van der Waals surface area contributed by atoms with Crippen LogP contribution in [-0.2, 0) is 16.1 Å². The van der Waals surface area contributed by atoms with Gasteiger partial charge in [-0.15, -0.1) is 0 Å². The van der Waals surface area contributed by atoms with Crippen LogP contribution >= 0.6 is 0 Å². The molecule has 2 rings (SSSR count).